The fourth-order valence-electron chi connectivity index (χ4n) is 3.17. The smallest absolute Gasteiger partial charge is 0.180 e. The minimum Gasteiger partial charge on any atom is -0.337 e. The summed E-state index contributed by atoms with van der Waals surface area (Å²) in [7, 11) is 0. The standard InChI is InChI=1S/C24H17BrN4S/c25-18-10-13-20(14-11-18)30-29-24-23(27-21-7-3-4-8-22(21)28-24)26-19-12-9-16-5-1-2-6-17(16)15-19/h1-15H,(H,26,27)(H,28,29). The summed E-state index contributed by atoms with van der Waals surface area (Å²) in [4.78, 5) is 10.7. The zero-order valence-corrected chi connectivity index (χ0v) is 18.2. The van der Waals surface area contributed by atoms with Crippen molar-refractivity contribution >= 4 is 67.0 Å². The summed E-state index contributed by atoms with van der Waals surface area (Å²) in [6.45, 7) is 0. The second-order valence-corrected chi connectivity index (χ2v) is 8.55. The summed E-state index contributed by atoms with van der Waals surface area (Å²) in [5.41, 5.74) is 2.66. The first-order valence-electron chi connectivity index (χ1n) is 9.46. The van der Waals surface area contributed by atoms with E-state index in [1.54, 1.807) is 0 Å². The van der Waals surface area contributed by atoms with E-state index in [9.17, 15) is 0 Å². The van der Waals surface area contributed by atoms with E-state index >= 15 is 0 Å². The predicted molar refractivity (Wildman–Crippen MR) is 130 cm³/mol. The van der Waals surface area contributed by atoms with Gasteiger partial charge in [0.2, 0.25) is 0 Å². The summed E-state index contributed by atoms with van der Waals surface area (Å²) in [6.07, 6.45) is 0. The fraction of sp³-hybridized carbons (Fsp3) is 0. The number of rotatable bonds is 5. The Morgan fingerprint density at radius 2 is 1.33 bits per heavy atom. The number of hydrogen-bond donors (Lipinski definition) is 2. The highest BCUT2D eigenvalue weighted by atomic mass is 79.9. The molecule has 0 bridgehead atoms. The third-order valence-corrected chi connectivity index (χ3v) is 5.99. The predicted octanol–water partition coefficient (Wildman–Crippen LogP) is 7.41. The van der Waals surface area contributed by atoms with E-state index in [0.717, 1.165) is 26.1 Å². The van der Waals surface area contributed by atoms with Crippen molar-refractivity contribution in [1.82, 2.24) is 9.97 Å². The molecule has 0 unspecified atom stereocenters. The molecule has 30 heavy (non-hydrogen) atoms. The zero-order chi connectivity index (χ0) is 20.3. The van der Waals surface area contributed by atoms with Crippen LogP contribution in [-0.4, -0.2) is 9.97 Å². The molecule has 0 saturated heterocycles. The maximum atomic E-state index is 4.82. The van der Waals surface area contributed by atoms with Gasteiger partial charge in [0.05, 0.1) is 11.0 Å². The van der Waals surface area contributed by atoms with Crippen LogP contribution in [0.2, 0.25) is 0 Å². The Balaban J connectivity index is 1.49. The summed E-state index contributed by atoms with van der Waals surface area (Å²) in [5, 5.41) is 5.83. The number of halogens is 1. The average Bonchev–Trinajstić information content (AvgIpc) is 2.78. The van der Waals surface area contributed by atoms with Crippen LogP contribution in [0, 0.1) is 0 Å². The molecule has 0 aliphatic carbocycles. The van der Waals surface area contributed by atoms with E-state index in [0.29, 0.717) is 11.6 Å². The van der Waals surface area contributed by atoms with Crippen molar-refractivity contribution in [1.29, 1.82) is 0 Å². The van der Waals surface area contributed by atoms with Gasteiger partial charge in [0.25, 0.3) is 0 Å². The van der Waals surface area contributed by atoms with Crippen molar-refractivity contribution in [3.05, 3.63) is 95.5 Å². The van der Waals surface area contributed by atoms with Crippen LogP contribution in [0.25, 0.3) is 21.8 Å². The molecule has 6 heteroatoms. The number of fused-ring (bicyclic) bond motifs is 2. The normalized spacial score (nSPS) is 11.0. The van der Waals surface area contributed by atoms with Gasteiger partial charge in [-0.1, -0.05) is 58.4 Å². The molecule has 0 amide bonds. The first kappa shape index (κ1) is 18.9. The summed E-state index contributed by atoms with van der Waals surface area (Å²) in [6, 6.07) is 30.6. The third kappa shape index (κ3) is 4.10. The highest BCUT2D eigenvalue weighted by molar-refractivity contribution is 9.10. The van der Waals surface area contributed by atoms with Gasteiger partial charge in [-0.25, -0.2) is 9.97 Å². The quantitative estimate of drug-likeness (QED) is 0.260. The van der Waals surface area contributed by atoms with Crippen molar-refractivity contribution in [3.63, 3.8) is 0 Å². The van der Waals surface area contributed by atoms with Gasteiger partial charge >= 0.3 is 0 Å². The molecule has 0 saturated carbocycles. The van der Waals surface area contributed by atoms with E-state index in [2.05, 4.69) is 56.3 Å². The Labute approximate surface area is 187 Å². The second-order valence-electron chi connectivity index (χ2n) is 6.75. The van der Waals surface area contributed by atoms with Gasteiger partial charge in [-0.05, 0) is 71.3 Å². The Morgan fingerprint density at radius 3 is 2.10 bits per heavy atom. The van der Waals surface area contributed by atoms with E-state index in [4.69, 9.17) is 9.97 Å². The molecule has 5 rings (SSSR count). The van der Waals surface area contributed by atoms with Gasteiger partial charge in [-0.3, -0.25) is 0 Å². The monoisotopic (exact) mass is 472 g/mol. The molecule has 1 aromatic heterocycles. The maximum absolute atomic E-state index is 4.82. The molecule has 4 nitrogen and oxygen atoms in total. The molecule has 2 N–H and O–H groups in total. The van der Waals surface area contributed by atoms with Crippen LogP contribution < -0.4 is 10.0 Å². The molecule has 0 spiro atoms. The Bertz CT molecular complexity index is 1340. The Hall–Kier alpha value is -3.09. The van der Waals surface area contributed by atoms with Gasteiger partial charge in [0.1, 0.15) is 0 Å². The molecule has 5 aromatic rings. The maximum Gasteiger partial charge on any atom is 0.180 e. The molecule has 4 aromatic carbocycles. The Kier molecular flexibility index (Phi) is 5.26. The van der Waals surface area contributed by atoms with Gasteiger partial charge < -0.3 is 10.0 Å². The number of nitrogens with one attached hydrogen (secondary N) is 2. The van der Waals surface area contributed by atoms with Crippen molar-refractivity contribution < 1.29 is 0 Å². The van der Waals surface area contributed by atoms with Crippen molar-refractivity contribution in [2.24, 2.45) is 0 Å². The van der Waals surface area contributed by atoms with Crippen molar-refractivity contribution in [3.8, 4) is 0 Å². The van der Waals surface area contributed by atoms with Crippen LogP contribution in [0.3, 0.4) is 0 Å². The molecular formula is C24H17BrN4S. The third-order valence-electron chi connectivity index (χ3n) is 4.66. The van der Waals surface area contributed by atoms with E-state index in [1.165, 1.54) is 22.7 Å². The van der Waals surface area contributed by atoms with E-state index in [-0.39, 0.29) is 0 Å². The topological polar surface area (TPSA) is 49.8 Å². The number of hydrogen-bond acceptors (Lipinski definition) is 5. The largest absolute Gasteiger partial charge is 0.337 e. The van der Waals surface area contributed by atoms with Gasteiger partial charge in [-0.2, -0.15) is 0 Å². The van der Waals surface area contributed by atoms with Crippen molar-refractivity contribution in [2.75, 3.05) is 10.0 Å². The molecule has 0 atom stereocenters. The molecule has 0 radical (unpaired) electrons. The molecule has 146 valence electrons. The average molecular weight is 473 g/mol. The van der Waals surface area contributed by atoms with Crippen LogP contribution in [0.1, 0.15) is 0 Å². The highest BCUT2D eigenvalue weighted by Crippen LogP contribution is 2.30. The number of anilines is 3. The summed E-state index contributed by atoms with van der Waals surface area (Å²) < 4.78 is 4.42. The van der Waals surface area contributed by atoms with Crippen LogP contribution in [-0.2, 0) is 0 Å². The lowest BCUT2D eigenvalue weighted by atomic mass is 10.1. The van der Waals surface area contributed by atoms with Crippen molar-refractivity contribution in [2.45, 2.75) is 4.90 Å². The highest BCUT2D eigenvalue weighted by Gasteiger charge is 2.10. The molecule has 0 fully saturated rings. The minimum absolute atomic E-state index is 0.689. The SMILES string of the molecule is Brc1ccc(SNc2nc3ccccc3nc2Nc2ccc3ccccc3c2)cc1. The zero-order valence-electron chi connectivity index (χ0n) is 15.8. The van der Waals surface area contributed by atoms with Crippen LogP contribution >= 0.6 is 27.9 Å². The lowest BCUT2D eigenvalue weighted by Gasteiger charge is -2.13. The first-order chi connectivity index (χ1) is 14.7. The number of para-hydroxylation sites is 2. The van der Waals surface area contributed by atoms with Gasteiger partial charge in [0.15, 0.2) is 11.6 Å². The van der Waals surface area contributed by atoms with Crippen LogP contribution in [0.5, 0.6) is 0 Å². The fourth-order valence-corrected chi connectivity index (χ4v) is 4.07. The van der Waals surface area contributed by atoms with Crippen LogP contribution in [0.4, 0.5) is 17.3 Å². The lowest BCUT2D eigenvalue weighted by molar-refractivity contribution is 1.29. The number of aromatic nitrogens is 2. The summed E-state index contributed by atoms with van der Waals surface area (Å²) >= 11 is 4.98. The number of nitrogens with zero attached hydrogens (tertiary/aromatic N) is 2. The molecule has 0 aliphatic rings. The van der Waals surface area contributed by atoms with E-state index < -0.39 is 0 Å². The first-order valence-corrected chi connectivity index (χ1v) is 11.1. The molecule has 1 heterocycles. The minimum atomic E-state index is 0.689. The van der Waals surface area contributed by atoms with E-state index in [1.807, 2.05) is 60.7 Å². The summed E-state index contributed by atoms with van der Waals surface area (Å²) in [5.74, 6) is 1.38. The molecular weight excluding hydrogens is 456 g/mol. The van der Waals surface area contributed by atoms with Gasteiger partial charge in [-0.15, -0.1) is 0 Å². The number of benzene rings is 4. The molecule has 0 aliphatic heterocycles. The van der Waals surface area contributed by atoms with Crippen LogP contribution in [0.15, 0.2) is 100 Å². The second kappa shape index (κ2) is 8.34. The van der Waals surface area contributed by atoms with Gasteiger partial charge in [0, 0.05) is 15.1 Å². The lowest BCUT2D eigenvalue weighted by Crippen LogP contribution is -2.02. The Morgan fingerprint density at radius 1 is 0.667 bits per heavy atom.